The van der Waals surface area contributed by atoms with E-state index in [-0.39, 0.29) is 10.9 Å². The molecule has 1 unspecified atom stereocenters. The molecule has 0 spiro atoms. The summed E-state index contributed by atoms with van der Waals surface area (Å²) in [5.41, 5.74) is 1.69. The molecule has 0 amide bonds. The zero-order valence-electron chi connectivity index (χ0n) is 15.9. The van der Waals surface area contributed by atoms with Crippen molar-refractivity contribution in [3.63, 3.8) is 0 Å². The van der Waals surface area contributed by atoms with Gasteiger partial charge in [0.15, 0.2) is 0 Å². The van der Waals surface area contributed by atoms with Crippen molar-refractivity contribution in [2.45, 2.75) is 38.1 Å². The second kappa shape index (κ2) is 8.56. The molecule has 2 rings (SSSR count). The van der Waals surface area contributed by atoms with Crippen LogP contribution in [0.25, 0.3) is 0 Å². The van der Waals surface area contributed by atoms with Gasteiger partial charge < -0.3 is 9.47 Å². The van der Waals surface area contributed by atoms with Crippen LogP contribution in [-0.4, -0.2) is 22.6 Å². The minimum atomic E-state index is -3.65. The molecule has 2 aromatic carbocycles. The number of methoxy groups -OCH3 is 2. The van der Waals surface area contributed by atoms with Crippen LogP contribution >= 0.6 is 0 Å². The topological polar surface area (TPSA) is 64.6 Å². The Morgan fingerprint density at radius 1 is 1.00 bits per heavy atom. The van der Waals surface area contributed by atoms with Crippen LogP contribution in [0.1, 0.15) is 37.4 Å². The summed E-state index contributed by atoms with van der Waals surface area (Å²) in [6.07, 6.45) is 0.695. The third-order valence-corrected chi connectivity index (χ3v) is 5.67. The lowest BCUT2D eigenvalue weighted by Gasteiger charge is -2.21. The normalized spacial score (nSPS) is 12.8. The molecular weight excluding hydrogens is 350 g/mol. The first-order valence-electron chi connectivity index (χ1n) is 8.57. The van der Waals surface area contributed by atoms with Gasteiger partial charge in [-0.05, 0) is 60.7 Å². The largest absolute Gasteiger partial charge is 0.497 e. The second-order valence-electron chi connectivity index (χ2n) is 6.71. The van der Waals surface area contributed by atoms with Gasteiger partial charge in [-0.2, -0.15) is 0 Å². The molecule has 6 heteroatoms. The molecule has 0 saturated heterocycles. The highest BCUT2D eigenvalue weighted by Crippen LogP contribution is 2.27. The van der Waals surface area contributed by atoms with E-state index >= 15 is 0 Å². The number of hydrogen-bond acceptors (Lipinski definition) is 4. The zero-order chi connectivity index (χ0) is 19.3. The highest BCUT2D eigenvalue weighted by atomic mass is 32.2. The van der Waals surface area contributed by atoms with E-state index in [4.69, 9.17) is 9.47 Å². The van der Waals surface area contributed by atoms with E-state index < -0.39 is 10.0 Å². The van der Waals surface area contributed by atoms with Crippen molar-refractivity contribution in [3.05, 3.63) is 53.6 Å². The van der Waals surface area contributed by atoms with Crippen molar-refractivity contribution in [2.24, 2.45) is 5.92 Å². The summed E-state index contributed by atoms with van der Waals surface area (Å²) in [4.78, 5) is 0.234. The number of nitrogens with one attached hydrogen (secondary N) is 1. The number of rotatable bonds is 8. The molecule has 0 aliphatic carbocycles. The first kappa shape index (κ1) is 20.3. The molecule has 142 valence electrons. The molecule has 1 N–H and O–H groups in total. The van der Waals surface area contributed by atoms with E-state index in [0.717, 1.165) is 16.9 Å². The first-order chi connectivity index (χ1) is 12.3. The first-order valence-corrected chi connectivity index (χ1v) is 10.1. The number of hydrogen-bond donors (Lipinski definition) is 1. The van der Waals surface area contributed by atoms with E-state index in [1.54, 1.807) is 32.4 Å². The van der Waals surface area contributed by atoms with Crippen LogP contribution in [0.5, 0.6) is 11.5 Å². The molecule has 0 saturated carbocycles. The lowest BCUT2D eigenvalue weighted by Crippen LogP contribution is -2.29. The Hall–Kier alpha value is -2.05. The molecule has 0 aliphatic heterocycles. The lowest BCUT2D eigenvalue weighted by atomic mass is 9.98. The Balaban J connectivity index is 2.32. The number of benzene rings is 2. The molecule has 0 aromatic heterocycles. The molecular formula is C20H27NO4S. The average Bonchev–Trinajstić information content (AvgIpc) is 2.60. The van der Waals surface area contributed by atoms with Crippen molar-refractivity contribution in [1.29, 1.82) is 0 Å². The fourth-order valence-electron chi connectivity index (χ4n) is 2.83. The molecule has 2 aromatic rings. The maximum Gasteiger partial charge on any atom is 0.241 e. The molecule has 1 atom stereocenters. The van der Waals surface area contributed by atoms with Gasteiger partial charge in [0, 0.05) is 6.04 Å². The van der Waals surface area contributed by atoms with E-state index in [2.05, 4.69) is 18.6 Å². The Kier molecular flexibility index (Phi) is 6.67. The van der Waals surface area contributed by atoms with Crippen LogP contribution in [-0.2, 0) is 10.0 Å². The van der Waals surface area contributed by atoms with Crippen molar-refractivity contribution in [2.75, 3.05) is 14.2 Å². The molecule has 0 fully saturated rings. The van der Waals surface area contributed by atoms with Gasteiger partial charge in [-0.15, -0.1) is 0 Å². The van der Waals surface area contributed by atoms with Gasteiger partial charge in [-0.1, -0.05) is 26.0 Å². The summed E-state index contributed by atoms with van der Waals surface area (Å²) in [7, 11) is -0.480. The van der Waals surface area contributed by atoms with E-state index in [1.807, 2.05) is 31.2 Å². The zero-order valence-corrected chi connectivity index (χ0v) is 16.8. The van der Waals surface area contributed by atoms with Crippen LogP contribution in [0.2, 0.25) is 0 Å². The highest BCUT2D eigenvalue weighted by molar-refractivity contribution is 7.89. The Labute approximate surface area is 156 Å². The van der Waals surface area contributed by atoms with Crippen molar-refractivity contribution < 1.29 is 17.9 Å². The molecule has 0 bridgehead atoms. The van der Waals surface area contributed by atoms with Crippen LogP contribution in [0.3, 0.4) is 0 Å². The smallest absolute Gasteiger partial charge is 0.241 e. The maximum atomic E-state index is 12.9. The summed E-state index contributed by atoms with van der Waals surface area (Å²) in [5.74, 6) is 1.74. The second-order valence-corrected chi connectivity index (χ2v) is 8.42. The Bertz CT molecular complexity index is 829. The van der Waals surface area contributed by atoms with Gasteiger partial charge in [0.05, 0.1) is 19.1 Å². The van der Waals surface area contributed by atoms with Crippen molar-refractivity contribution >= 4 is 10.0 Å². The third-order valence-electron chi connectivity index (χ3n) is 4.20. The molecule has 0 radical (unpaired) electrons. The minimum absolute atomic E-state index is 0.234. The number of sulfonamides is 1. The molecule has 26 heavy (non-hydrogen) atoms. The van der Waals surface area contributed by atoms with Crippen LogP contribution in [0.4, 0.5) is 0 Å². The van der Waals surface area contributed by atoms with E-state index in [9.17, 15) is 8.42 Å². The standard InChI is InChI=1S/C20H27NO4S/c1-14(2)12-19(16-6-8-17(24-4)9-7-16)21-26(22,23)18-10-11-20(25-5)15(3)13-18/h6-11,13-14,19,21H,12H2,1-5H3. The van der Waals surface area contributed by atoms with Gasteiger partial charge in [0.1, 0.15) is 11.5 Å². The summed E-state index contributed by atoms with van der Waals surface area (Å²) < 4.78 is 39.0. The maximum absolute atomic E-state index is 12.9. The van der Waals surface area contributed by atoms with Crippen molar-refractivity contribution in [3.8, 4) is 11.5 Å². The van der Waals surface area contributed by atoms with Crippen molar-refractivity contribution in [1.82, 2.24) is 4.72 Å². The quantitative estimate of drug-likeness (QED) is 0.753. The minimum Gasteiger partial charge on any atom is -0.497 e. The van der Waals surface area contributed by atoms with E-state index in [0.29, 0.717) is 18.1 Å². The SMILES string of the molecule is COc1ccc(C(CC(C)C)NS(=O)(=O)c2ccc(OC)c(C)c2)cc1. The van der Waals surface area contributed by atoms with Crippen LogP contribution in [0, 0.1) is 12.8 Å². The predicted octanol–water partition coefficient (Wildman–Crippen LogP) is 4.08. The number of ether oxygens (including phenoxy) is 2. The Morgan fingerprint density at radius 3 is 2.15 bits per heavy atom. The molecule has 5 nitrogen and oxygen atoms in total. The highest BCUT2D eigenvalue weighted by Gasteiger charge is 2.23. The third kappa shape index (κ3) is 4.99. The number of aryl methyl sites for hydroxylation is 1. The van der Waals surface area contributed by atoms with Crippen LogP contribution < -0.4 is 14.2 Å². The van der Waals surface area contributed by atoms with Gasteiger partial charge in [0.25, 0.3) is 0 Å². The fourth-order valence-corrected chi connectivity index (χ4v) is 4.16. The van der Waals surface area contributed by atoms with Gasteiger partial charge in [-0.25, -0.2) is 13.1 Å². The average molecular weight is 378 g/mol. The summed E-state index contributed by atoms with van der Waals surface area (Å²) in [6, 6.07) is 12.0. The Morgan fingerprint density at radius 2 is 1.65 bits per heavy atom. The summed E-state index contributed by atoms with van der Waals surface area (Å²) in [6.45, 7) is 5.97. The fraction of sp³-hybridized carbons (Fsp3) is 0.400. The lowest BCUT2D eigenvalue weighted by molar-refractivity contribution is 0.411. The summed E-state index contributed by atoms with van der Waals surface area (Å²) in [5, 5.41) is 0. The van der Waals surface area contributed by atoms with Crippen LogP contribution in [0.15, 0.2) is 47.4 Å². The van der Waals surface area contributed by atoms with Gasteiger partial charge >= 0.3 is 0 Å². The van der Waals surface area contributed by atoms with Gasteiger partial charge in [0.2, 0.25) is 10.0 Å². The molecule has 0 aliphatic rings. The van der Waals surface area contributed by atoms with Gasteiger partial charge in [-0.3, -0.25) is 0 Å². The molecule has 0 heterocycles. The summed E-state index contributed by atoms with van der Waals surface area (Å²) >= 11 is 0. The predicted molar refractivity (Wildman–Crippen MR) is 103 cm³/mol. The monoisotopic (exact) mass is 377 g/mol. The van der Waals surface area contributed by atoms with E-state index in [1.165, 1.54) is 0 Å².